The van der Waals surface area contributed by atoms with Crippen molar-refractivity contribution in [3.05, 3.63) is 53.0 Å². The van der Waals surface area contributed by atoms with E-state index in [-0.39, 0.29) is 85.5 Å². The van der Waals surface area contributed by atoms with Crippen molar-refractivity contribution >= 4 is 23.6 Å². The summed E-state index contributed by atoms with van der Waals surface area (Å²) in [6, 6.07) is 7.36. The van der Waals surface area contributed by atoms with Gasteiger partial charge in [0.15, 0.2) is 0 Å². The van der Waals surface area contributed by atoms with Crippen LogP contribution in [-0.4, -0.2) is 163 Å². The Labute approximate surface area is 304 Å². The van der Waals surface area contributed by atoms with Crippen LogP contribution in [-0.2, 0) is 20.7 Å². The molecule has 284 valence electrons. The van der Waals surface area contributed by atoms with Gasteiger partial charge in [-0.2, -0.15) is 0 Å². The molecule has 0 radical (unpaired) electrons. The quantitative estimate of drug-likeness (QED) is 0.373. The van der Waals surface area contributed by atoms with E-state index in [2.05, 4.69) is 33.9 Å². The minimum atomic E-state index is -0.969. The minimum Gasteiger partial charge on any atom is -0.474 e. The molecule has 3 fully saturated rings. The predicted molar refractivity (Wildman–Crippen MR) is 191 cm³/mol. The second-order valence-electron chi connectivity index (χ2n) is 14.6. The maximum Gasteiger partial charge on any atom is 0.407 e. The second kappa shape index (κ2) is 16.8. The number of rotatable bonds is 10. The zero-order valence-electron chi connectivity index (χ0n) is 30.6. The number of hydrogen-bond acceptors (Lipinski definition) is 10. The first kappa shape index (κ1) is 37.9. The van der Waals surface area contributed by atoms with Gasteiger partial charge in [0.2, 0.25) is 11.8 Å². The van der Waals surface area contributed by atoms with E-state index >= 15 is 0 Å². The number of benzene rings is 1. The van der Waals surface area contributed by atoms with Gasteiger partial charge >= 0.3 is 6.09 Å². The van der Waals surface area contributed by atoms with Gasteiger partial charge in [-0.3, -0.25) is 24.3 Å². The standard InChI is InChI=1S/C37H52FN7O7/c1-24-17-42(31(19-44(24)37(48)49)18-43-25(2)21-51-22-26(43)3)20-33(46)45-27(4)23-52-36-32(45)16-29(15-28-5-7-30(38)8-6-28)34(40-36)35(47)39-9-10-41-11-13-50-14-12-41/h5-8,16,24-27,31H,9-15,17-23H2,1-4H3,(H,39,47)(H,48,49)/t24-,25-,26-,27+,31+/m1/s1. The molecule has 14 nitrogen and oxygen atoms in total. The van der Waals surface area contributed by atoms with Crippen molar-refractivity contribution in [2.75, 3.05) is 90.3 Å². The van der Waals surface area contributed by atoms with Crippen molar-refractivity contribution in [3.63, 3.8) is 0 Å². The van der Waals surface area contributed by atoms with Crippen LogP contribution in [0.4, 0.5) is 14.9 Å². The summed E-state index contributed by atoms with van der Waals surface area (Å²) >= 11 is 0. The number of pyridine rings is 1. The number of amides is 3. The molecule has 4 aliphatic heterocycles. The lowest BCUT2D eigenvalue weighted by molar-refractivity contribution is -0.122. The van der Waals surface area contributed by atoms with Crippen LogP contribution in [0.15, 0.2) is 30.3 Å². The van der Waals surface area contributed by atoms with Gasteiger partial charge in [0.25, 0.3) is 5.91 Å². The third kappa shape index (κ3) is 8.83. The molecule has 0 bridgehead atoms. The average molecular weight is 726 g/mol. The Bertz CT molecular complexity index is 1570. The fraction of sp³-hybridized carbons (Fsp3) is 0.622. The summed E-state index contributed by atoms with van der Waals surface area (Å²) in [7, 11) is 0. The minimum absolute atomic E-state index is 0.0659. The zero-order chi connectivity index (χ0) is 36.9. The zero-order valence-corrected chi connectivity index (χ0v) is 30.6. The Morgan fingerprint density at radius 3 is 2.35 bits per heavy atom. The number of anilines is 1. The van der Waals surface area contributed by atoms with Crippen LogP contribution in [0.2, 0.25) is 0 Å². The SMILES string of the molecule is C[C@@H]1CN(CC(=O)N2c3cc(Cc4ccc(F)cc4)c(C(=O)NCCN4CCOCC4)nc3OC[C@@H]2C)[C@@H](CN2[C@H](C)COC[C@H]2C)CN1C(=O)O. The number of halogens is 1. The topological polar surface area (TPSA) is 140 Å². The first-order valence-electron chi connectivity index (χ1n) is 18.4. The van der Waals surface area contributed by atoms with Crippen molar-refractivity contribution in [2.45, 2.75) is 64.3 Å². The molecule has 3 saturated heterocycles. The van der Waals surface area contributed by atoms with Crippen molar-refractivity contribution in [3.8, 4) is 5.88 Å². The maximum absolute atomic E-state index is 14.4. The maximum atomic E-state index is 14.4. The number of hydrogen-bond donors (Lipinski definition) is 2. The van der Waals surface area contributed by atoms with E-state index in [0.29, 0.717) is 63.9 Å². The molecule has 0 aliphatic carbocycles. The van der Waals surface area contributed by atoms with Crippen molar-refractivity contribution in [2.24, 2.45) is 0 Å². The van der Waals surface area contributed by atoms with E-state index in [1.807, 2.05) is 13.8 Å². The van der Waals surface area contributed by atoms with Crippen LogP contribution in [0.5, 0.6) is 5.88 Å². The molecule has 1 aromatic carbocycles. The number of piperazine rings is 1. The van der Waals surface area contributed by atoms with E-state index in [9.17, 15) is 23.9 Å². The van der Waals surface area contributed by atoms with Crippen LogP contribution in [0.25, 0.3) is 0 Å². The fourth-order valence-electron chi connectivity index (χ4n) is 7.72. The van der Waals surface area contributed by atoms with E-state index < -0.39 is 6.09 Å². The number of carbonyl (C=O) groups excluding carboxylic acids is 2. The molecule has 0 spiro atoms. The summed E-state index contributed by atoms with van der Waals surface area (Å²) in [5.41, 5.74) is 2.03. The summed E-state index contributed by atoms with van der Waals surface area (Å²) in [6.45, 7) is 14.7. The second-order valence-corrected chi connectivity index (χ2v) is 14.6. The third-order valence-electron chi connectivity index (χ3n) is 10.6. The van der Waals surface area contributed by atoms with E-state index in [1.165, 1.54) is 17.0 Å². The van der Waals surface area contributed by atoms with Gasteiger partial charge in [-0.1, -0.05) is 12.1 Å². The lowest BCUT2D eigenvalue weighted by atomic mass is 10.0. The lowest BCUT2D eigenvalue weighted by Crippen LogP contribution is -2.65. The molecule has 4 aliphatic rings. The van der Waals surface area contributed by atoms with Gasteiger partial charge in [0.05, 0.1) is 39.0 Å². The smallest absolute Gasteiger partial charge is 0.407 e. The van der Waals surface area contributed by atoms with E-state index in [4.69, 9.17) is 19.2 Å². The molecule has 1 aromatic heterocycles. The van der Waals surface area contributed by atoms with Crippen LogP contribution in [0.3, 0.4) is 0 Å². The highest BCUT2D eigenvalue weighted by Crippen LogP contribution is 2.35. The highest BCUT2D eigenvalue weighted by Gasteiger charge is 2.40. The van der Waals surface area contributed by atoms with Crippen LogP contribution >= 0.6 is 0 Å². The van der Waals surface area contributed by atoms with Crippen molar-refractivity contribution < 1.29 is 38.1 Å². The number of aromatic nitrogens is 1. The third-order valence-corrected chi connectivity index (χ3v) is 10.6. The molecule has 0 unspecified atom stereocenters. The Morgan fingerprint density at radius 2 is 1.65 bits per heavy atom. The molecule has 0 saturated carbocycles. The summed E-state index contributed by atoms with van der Waals surface area (Å²) in [6.07, 6.45) is -0.682. The number of carbonyl (C=O) groups is 3. The number of carboxylic acid groups (broad SMARTS) is 1. The van der Waals surface area contributed by atoms with Gasteiger partial charge in [-0.05, 0) is 63.4 Å². The predicted octanol–water partition coefficient (Wildman–Crippen LogP) is 2.15. The lowest BCUT2D eigenvalue weighted by Gasteiger charge is -2.48. The molecule has 52 heavy (non-hydrogen) atoms. The Hall–Kier alpha value is -3.89. The highest BCUT2D eigenvalue weighted by atomic mass is 19.1. The van der Waals surface area contributed by atoms with Gasteiger partial charge < -0.3 is 34.4 Å². The van der Waals surface area contributed by atoms with Gasteiger partial charge in [0.1, 0.15) is 23.8 Å². The van der Waals surface area contributed by atoms with E-state index in [0.717, 1.165) is 18.7 Å². The fourth-order valence-corrected chi connectivity index (χ4v) is 7.72. The molecule has 5 atom stereocenters. The summed E-state index contributed by atoms with van der Waals surface area (Å²) < 4.78 is 31.0. The largest absolute Gasteiger partial charge is 0.474 e. The van der Waals surface area contributed by atoms with Gasteiger partial charge in [-0.25, -0.2) is 14.2 Å². The van der Waals surface area contributed by atoms with Gasteiger partial charge in [0, 0.05) is 70.0 Å². The van der Waals surface area contributed by atoms with Crippen LogP contribution in [0.1, 0.15) is 49.3 Å². The molecular weight excluding hydrogens is 673 g/mol. The van der Waals surface area contributed by atoms with Crippen LogP contribution in [0, 0.1) is 5.82 Å². The number of nitrogens with zero attached hydrogens (tertiary/aromatic N) is 6. The molecule has 6 rings (SSSR count). The first-order valence-corrected chi connectivity index (χ1v) is 18.4. The molecule has 3 amide bonds. The molecule has 5 heterocycles. The Balaban J connectivity index is 1.26. The number of morpholine rings is 2. The Kier molecular flexibility index (Phi) is 12.3. The number of fused-ring (bicyclic) bond motifs is 1. The monoisotopic (exact) mass is 725 g/mol. The molecule has 2 aromatic rings. The Morgan fingerprint density at radius 1 is 0.942 bits per heavy atom. The highest BCUT2D eigenvalue weighted by molar-refractivity contribution is 5.99. The van der Waals surface area contributed by atoms with Gasteiger partial charge in [-0.15, -0.1) is 0 Å². The van der Waals surface area contributed by atoms with Crippen molar-refractivity contribution in [1.29, 1.82) is 0 Å². The van der Waals surface area contributed by atoms with Crippen molar-refractivity contribution in [1.82, 2.24) is 29.9 Å². The molecule has 2 N–H and O–H groups in total. The molecule has 15 heteroatoms. The summed E-state index contributed by atoms with van der Waals surface area (Å²) in [5, 5.41) is 13.0. The number of nitrogens with one attached hydrogen (secondary N) is 1. The number of ether oxygens (including phenoxy) is 3. The molecular formula is C37H52FN7O7. The summed E-state index contributed by atoms with van der Waals surface area (Å²) in [4.78, 5) is 54.9. The normalized spacial score (nSPS) is 26.1. The first-order chi connectivity index (χ1) is 25.0. The van der Waals surface area contributed by atoms with E-state index in [1.54, 1.807) is 23.1 Å². The van der Waals surface area contributed by atoms with Crippen LogP contribution < -0.4 is 15.0 Å². The summed E-state index contributed by atoms with van der Waals surface area (Å²) in [5.74, 6) is -0.683. The average Bonchev–Trinajstić information content (AvgIpc) is 3.11.